The van der Waals surface area contributed by atoms with E-state index in [4.69, 9.17) is 0 Å². The maximum absolute atomic E-state index is 13.1. The molecule has 4 rings (SSSR count). The molecular formula is C17H21FN4O2S. The second kappa shape index (κ2) is 6.49. The number of benzene rings is 1. The molecule has 6 nitrogen and oxygen atoms in total. The van der Waals surface area contributed by atoms with Gasteiger partial charge in [0.25, 0.3) is 0 Å². The summed E-state index contributed by atoms with van der Waals surface area (Å²) in [7, 11) is -3.59. The third-order valence-electron chi connectivity index (χ3n) is 5.03. The van der Waals surface area contributed by atoms with Gasteiger partial charge in [-0.1, -0.05) is 0 Å². The van der Waals surface area contributed by atoms with E-state index in [9.17, 15) is 12.8 Å². The van der Waals surface area contributed by atoms with Gasteiger partial charge in [0.1, 0.15) is 18.0 Å². The van der Waals surface area contributed by atoms with Crippen LogP contribution in [0.1, 0.15) is 44.0 Å². The lowest BCUT2D eigenvalue weighted by Gasteiger charge is -2.24. The molecule has 0 amide bonds. The number of nitrogens with zero attached hydrogens (tertiary/aromatic N) is 4. The molecule has 0 bridgehead atoms. The van der Waals surface area contributed by atoms with Crippen LogP contribution in [0.15, 0.2) is 35.5 Å². The van der Waals surface area contributed by atoms with Gasteiger partial charge in [0.2, 0.25) is 10.0 Å². The van der Waals surface area contributed by atoms with Crippen molar-refractivity contribution in [1.82, 2.24) is 19.1 Å². The van der Waals surface area contributed by atoms with Gasteiger partial charge in [-0.25, -0.2) is 12.8 Å². The first-order chi connectivity index (χ1) is 12.1. The second-order valence-electron chi connectivity index (χ2n) is 6.79. The number of hydrogen-bond donors (Lipinski definition) is 0. The van der Waals surface area contributed by atoms with Crippen molar-refractivity contribution in [3.8, 4) is 0 Å². The number of rotatable bonds is 6. The zero-order chi connectivity index (χ0) is 17.4. The summed E-state index contributed by atoms with van der Waals surface area (Å²) in [6.07, 6.45) is 7.24. The van der Waals surface area contributed by atoms with Crippen molar-refractivity contribution in [2.75, 3.05) is 6.54 Å². The molecule has 1 atom stereocenters. The van der Waals surface area contributed by atoms with E-state index in [1.54, 1.807) is 10.6 Å². The zero-order valence-electron chi connectivity index (χ0n) is 13.9. The Morgan fingerprint density at radius 1 is 1.16 bits per heavy atom. The Morgan fingerprint density at radius 3 is 2.64 bits per heavy atom. The number of sulfonamides is 1. The van der Waals surface area contributed by atoms with Crippen LogP contribution in [0, 0.1) is 5.82 Å². The average molecular weight is 364 g/mol. The van der Waals surface area contributed by atoms with Crippen molar-refractivity contribution in [2.24, 2.45) is 0 Å². The molecule has 2 aliphatic rings. The largest absolute Gasteiger partial charge is 0.314 e. The molecule has 0 radical (unpaired) electrons. The summed E-state index contributed by atoms with van der Waals surface area (Å²) in [4.78, 5) is 0.155. The number of aryl methyl sites for hydroxylation is 1. The van der Waals surface area contributed by atoms with E-state index in [-0.39, 0.29) is 10.9 Å². The van der Waals surface area contributed by atoms with Crippen LogP contribution in [0.5, 0.6) is 0 Å². The lowest BCUT2D eigenvalue weighted by molar-refractivity contribution is 0.367. The minimum absolute atomic E-state index is 0.0422. The van der Waals surface area contributed by atoms with Crippen LogP contribution >= 0.6 is 0 Å². The van der Waals surface area contributed by atoms with Gasteiger partial charge >= 0.3 is 0 Å². The second-order valence-corrected chi connectivity index (χ2v) is 8.68. The molecule has 1 aliphatic carbocycles. The van der Waals surface area contributed by atoms with Crippen LogP contribution in [-0.2, 0) is 16.4 Å². The van der Waals surface area contributed by atoms with E-state index in [1.807, 2.05) is 0 Å². The summed E-state index contributed by atoms with van der Waals surface area (Å²) >= 11 is 0. The maximum Gasteiger partial charge on any atom is 0.243 e. The summed E-state index contributed by atoms with van der Waals surface area (Å²) in [5.41, 5.74) is 0. The molecule has 8 heteroatoms. The van der Waals surface area contributed by atoms with Gasteiger partial charge in [-0.15, -0.1) is 10.2 Å². The topological polar surface area (TPSA) is 68.1 Å². The molecule has 0 N–H and O–H groups in total. The molecular weight excluding hydrogens is 343 g/mol. The van der Waals surface area contributed by atoms with Crippen molar-refractivity contribution in [3.63, 3.8) is 0 Å². The number of halogens is 1. The predicted octanol–water partition coefficient (Wildman–Crippen LogP) is 2.54. The Bertz CT molecular complexity index is 846. The van der Waals surface area contributed by atoms with Gasteiger partial charge < -0.3 is 4.57 Å². The molecule has 1 aliphatic heterocycles. The first-order valence-electron chi connectivity index (χ1n) is 8.71. The highest BCUT2D eigenvalue weighted by atomic mass is 32.2. The van der Waals surface area contributed by atoms with Gasteiger partial charge in [0.15, 0.2) is 0 Å². The van der Waals surface area contributed by atoms with Crippen molar-refractivity contribution in [2.45, 2.75) is 55.5 Å². The summed E-state index contributed by atoms with van der Waals surface area (Å²) < 4.78 is 42.5. The van der Waals surface area contributed by atoms with E-state index in [2.05, 4.69) is 14.8 Å². The van der Waals surface area contributed by atoms with Crippen molar-refractivity contribution < 1.29 is 12.8 Å². The van der Waals surface area contributed by atoms with Crippen LogP contribution in [0.25, 0.3) is 0 Å². The minimum Gasteiger partial charge on any atom is -0.314 e. The van der Waals surface area contributed by atoms with Crippen LogP contribution < -0.4 is 0 Å². The quantitative estimate of drug-likeness (QED) is 0.790. The lowest BCUT2D eigenvalue weighted by Crippen LogP contribution is -2.36. The van der Waals surface area contributed by atoms with Crippen LogP contribution in [0.2, 0.25) is 0 Å². The highest BCUT2D eigenvalue weighted by Gasteiger charge is 2.35. The van der Waals surface area contributed by atoms with Gasteiger partial charge in [-0.2, -0.15) is 4.31 Å². The van der Waals surface area contributed by atoms with E-state index >= 15 is 0 Å². The molecule has 134 valence electrons. The molecule has 25 heavy (non-hydrogen) atoms. The van der Waals surface area contributed by atoms with Crippen molar-refractivity contribution >= 4 is 10.0 Å². The third-order valence-corrected chi connectivity index (χ3v) is 7.00. The summed E-state index contributed by atoms with van der Waals surface area (Å²) in [6, 6.07) is 5.53. The zero-order valence-corrected chi connectivity index (χ0v) is 14.7. The Labute approximate surface area is 146 Å². The fourth-order valence-corrected chi connectivity index (χ4v) is 5.28. The first kappa shape index (κ1) is 16.7. The molecule has 2 heterocycles. The lowest BCUT2D eigenvalue weighted by atomic mass is 10.1. The molecule has 2 aromatic rings. The van der Waals surface area contributed by atoms with Crippen LogP contribution in [0.3, 0.4) is 0 Å². The standard InChI is InChI=1S/C17H21FN4O2S/c18-13-3-8-16(9-4-13)25(23,24)22-11-1-2-15(22)7-10-17-20-19-12-21(17)14-5-6-14/h3-4,8-9,12,14-15H,1-2,5-7,10-11H2. The highest BCUT2D eigenvalue weighted by molar-refractivity contribution is 7.89. The first-order valence-corrected chi connectivity index (χ1v) is 10.2. The molecule has 1 saturated heterocycles. The van der Waals surface area contributed by atoms with Crippen molar-refractivity contribution in [3.05, 3.63) is 42.2 Å². The molecule has 1 aromatic carbocycles. The monoisotopic (exact) mass is 364 g/mol. The normalized spacial score (nSPS) is 21.7. The van der Waals surface area contributed by atoms with Gasteiger partial charge in [0, 0.05) is 25.0 Å². The Kier molecular flexibility index (Phi) is 4.33. The fraction of sp³-hybridized carbons (Fsp3) is 0.529. The third kappa shape index (κ3) is 3.32. The SMILES string of the molecule is O=S(=O)(c1ccc(F)cc1)N1CCCC1CCc1nncn1C1CC1. The van der Waals surface area contributed by atoms with E-state index < -0.39 is 15.8 Å². The Balaban J connectivity index is 1.48. The minimum atomic E-state index is -3.59. The molecule has 1 aromatic heterocycles. The number of hydrogen-bond acceptors (Lipinski definition) is 4. The average Bonchev–Trinajstić information content (AvgIpc) is 3.14. The highest BCUT2D eigenvalue weighted by Crippen LogP contribution is 2.36. The molecule has 0 spiro atoms. The van der Waals surface area contributed by atoms with Gasteiger partial charge in [-0.3, -0.25) is 0 Å². The van der Waals surface area contributed by atoms with E-state index in [0.717, 1.165) is 31.5 Å². The Morgan fingerprint density at radius 2 is 1.92 bits per heavy atom. The molecule has 1 saturated carbocycles. The van der Waals surface area contributed by atoms with Gasteiger partial charge in [0.05, 0.1) is 4.90 Å². The maximum atomic E-state index is 13.1. The summed E-state index contributed by atoms with van der Waals surface area (Å²) in [6.45, 7) is 0.514. The molecule has 2 fully saturated rings. The smallest absolute Gasteiger partial charge is 0.243 e. The van der Waals surface area contributed by atoms with E-state index in [1.165, 1.54) is 37.1 Å². The number of aromatic nitrogens is 3. The predicted molar refractivity (Wildman–Crippen MR) is 89.9 cm³/mol. The Hall–Kier alpha value is -1.80. The summed E-state index contributed by atoms with van der Waals surface area (Å²) in [5, 5.41) is 8.19. The van der Waals surface area contributed by atoms with Gasteiger partial charge in [-0.05, 0) is 56.4 Å². The van der Waals surface area contributed by atoms with Crippen LogP contribution in [-0.4, -0.2) is 40.1 Å². The fourth-order valence-electron chi connectivity index (χ4n) is 3.55. The van der Waals surface area contributed by atoms with E-state index in [0.29, 0.717) is 12.6 Å². The van der Waals surface area contributed by atoms with Crippen LogP contribution in [0.4, 0.5) is 4.39 Å². The molecule has 1 unspecified atom stereocenters. The van der Waals surface area contributed by atoms with Crippen molar-refractivity contribution in [1.29, 1.82) is 0 Å². The summed E-state index contributed by atoms with van der Waals surface area (Å²) in [5.74, 6) is 0.505.